The SMILES string of the molecule is CCOC(=O)CC#Cc1cscn1. The van der Waals surface area contributed by atoms with Crippen LogP contribution in [-0.4, -0.2) is 17.6 Å². The minimum absolute atomic E-state index is 0.130. The lowest BCUT2D eigenvalue weighted by atomic mass is 10.4. The van der Waals surface area contributed by atoms with Gasteiger partial charge in [-0.25, -0.2) is 4.98 Å². The lowest BCUT2D eigenvalue weighted by Crippen LogP contribution is -2.01. The van der Waals surface area contributed by atoms with Gasteiger partial charge in [-0.1, -0.05) is 5.92 Å². The van der Waals surface area contributed by atoms with Gasteiger partial charge in [0.2, 0.25) is 0 Å². The Labute approximate surface area is 80.8 Å². The van der Waals surface area contributed by atoms with Crippen molar-refractivity contribution in [2.45, 2.75) is 13.3 Å². The Balaban J connectivity index is 2.37. The average molecular weight is 195 g/mol. The van der Waals surface area contributed by atoms with Crippen LogP contribution in [0.2, 0.25) is 0 Å². The summed E-state index contributed by atoms with van der Waals surface area (Å²) in [5.41, 5.74) is 2.41. The number of carbonyl (C=O) groups is 1. The van der Waals surface area contributed by atoms with Crippen molar-refractivity contribution in [1.82, 2.24) is 4.98 Å². The first-order chi connectivity index (χ1) is 6.33. The van der Waals surface area contributed by atoms with Crippen molar-refractivity contribution < 1.29 is 9.53 Å². The second kappa shape index (κ2) is 5.33. The predicted molar refractivity (Wildman–Crippen MR) is 50.2 cm³/mol. The number of thiazole rings is 1. The van der Waals surface area contributed by atoms with Crippen molar-refractivity contribution in [3.8, 4) is 11.8 Å². The smallest absolute Gasteiger partial charge is 0.317 e. The van der Waals surface area contributed by atoms with E-state index in [1.807, 2.05) is 5.38 Å². The topological polar surface area (TPSA) is 39.2 Å². The fraction of sp³-hybridized carbons (Fsp3) is 0.333. The summed E-state index contributed by atoms with van der Waals surface area (Å²) in [5, 5.41) is 1.83. The second-order valence-electron chi connectivity index (χ2n) is 2.16. The minimum Gasteiger partial charge on any atom is -0.465 e. The molecule has 0 bridgehead atoms. The van der Waals surface area contributed by atoms with E-state index in [1.165, 1.54) is 11.3 Å². The number of esters is 1. The predicted octanol–water partition coefficient (Wildman–Crippen LogP) is 1.45. The largest absolute Gasteiger partial charge is 0.465 e. The molecule has 3 nitrogen and oxygen atoms in total. The maximum absolute atomic E-state index is 10.8. The van der Waals surface area contributed by atoms with Gasteiger partial charge in [0.1, 0.15) is 12.1 Å². The van der Waals surface area contributed by atoms with Gasteiger partial charge in [0.15, 0.2) is 0 Å². The van der Waals surface area contributed by atoms with Gasteiger partial charge >= 0.3 is 5.97 Å². The number of aromatic nitrogens is 1. The van der Waals surface area contributed by atoms with Gasteiger partial charge in [-0.15, -0.1) is 11.3 Å². The van der Waals surface area contributed by atoms with Crippen molar-refractivity contribution >= 4 is 17.3 Å². The monoisotopic (exact) mass is 195 g/mol. The van der Waals surface area contributed by atoms with Crippen LogP contribution in [0.1, 0.15) is 19.0 Å². The molecule has 1 rings (SSSR count). The van der Waals surface area contributed by atoms with Crippen LogP contribution in [0, 0.1) is 11.8 Å². The van der Waals surface area contributed by atoms with Gasteiger partial charge in [0, 0.05) is 5.38 Å². The Kier molecular flexibility index (Phi) is 4.00. The molecule has 1 aromatic rings. The van der Waals surface area contributed by atoms with Crippen LogP contribution < -0.4 is 0 Å². The van der Waals surface area contributed by atoms with Gasteiger partial charge in [-0.3, -0.25) is 4.79 Å². The highest BCUT2D eigenvalue weighted by molar-refractivity contribution is 7.07. The number of rotatable bonds is 2. The summed E-state index contributed by atoms with van der Waals surface area (Å²) >= 11 is 1.48. The highest BCUT2D eigenvalue weighted by Crippen LogP contribution is 1.97. The number of hydrogen-bond donors (Lipinski definition) is 0. The Bertz CT molecular complexity index is 321. The van der Waals surface area contributed by atoms with E-state index in [0.717, 1.165) is 0 Å². The first-order valence-corrected chi connectivity index (χ1v) is 4.80. The summed E-state index contributed by atoms with van der Waals surface area (Å²) in [7, 11) is 0. The molecule has 1 heterocycles. The zero-order valence-corrected chi connectivity index (χ0v) is 8.06. The Morgan fingerprint density at radius 2 is 2.62 bits per heavy atom. The highest BCUT2D eigenvalue weighted by Gasteiger charge is 1.95. The van der Waals surface area contributed by atoms with Crippen molar-refractivity contribution in [3.63, 3.8) is 0 Å². The molecule has 0 fully saturated rings. The summed E-state index contributed by atoms with van der Waals surface area (Å²) in [4.78, 5) is 14.8. The molecule has 68 valence electrons. The Morgan fingerprint density at radius 1 is 1.77 bits per heavy atom. The van der Waals surface area contributed by atoms with E-state index in [1.54, 1.807) is 12.4 Å². The molecule has 0 unspecified atom stereocenters. The van der Waals surface area contributed by atoms with E-state index in [2.05, 4.69) is 16.8 Å². The zero-order valence-electron chi connectivity index (χ0n) is 7.24. The maximum atomic E-state index is 10.8. The maximum Gasteiger partial charge on any atom is 0.317 e. The van der Waals surface area contributed by atoms with E-state index in [-0.39, 0.29) is 12.4 Å². The summed E-state index contributed by atoms with van der Waals surface area (Å²) in [6.07, 6.45) is 0.130. The van der Waals surface area contributed by atoms with Crippen LogP contribution in [0.3, 0.4) is 0 Å². The van der Waals surface area contributed by atoms with E-state index < -0.39 is 0 Å². The third-order valence-electron chi connectivity index (χ3n) is 1.19. The molecule has 0 N–H and O–H groups in total. The summed E-state index contributed by atoms with van der Waals surface area (Å²) in [6.45, 7) is 2.17. The number of carbonyl (C=O) groups excluding carboxylic acids is 1. The molecule has 0 aromatic carbocycles. The van der Waals surface area contributed by atoms with Gasteiger partial charge in [0.25, 0.3) is 0 Å². The molecule has 0 amide bonds. The summed E-state index contributed by atoms with van der Waals surface area (Å²) in [6, 6.07) is 0. The molecule has 0 spiro atoms. The standard InChI is InChI=1S/C9H9NO2S/c1-2-12-9(11)5-3-4-8-6-13-7-10-8/h6-7H,2,5H2,1H3. The first kappa shape index (κ1) is 9.75. The fourth-order valence-electron chi connectivity index (χ4n) is 0.693. The Hall–Kier alpha value is -1.34. The fourth-order valence-corrected chi connectivity index (χ4v) is 1.18. The highest BCUT2D eigenvalue weighted by atomic mass is 32.1. The van der Waals surface area contributed by atoms with Gasteiger partial charge < -0.3 is 4.74 Å². The van der Waals surface area contributed by atoms with Gasteiger partial charge in [0.05, 0.1) is 12.1 Å². The lowest BCUT2D eigenvalue weighted by Gasteiger charge is -1.94. The number of hydrogen-bond acceptors (Lipinski definition) is 4. The van der Waals surface area contributed by atoms with Crippen LogP contribution in [0.4, 0.5) is 0 Å². The molecule has 0 radical (unpaired) electrons. The molecule has 0 aliphatic heterocycles. The van der Waals surface area contributed by atoms with Crippen LogP contribution in [0.25, 0.3) is 0 Å². The molecule has 0 aliphatic rings. The van der Waals surface area contributed by atoms with E-state index in [0.29, 0.717) is 12.3 Å². The van der Waals surface area contributed by atoms with Crippen LogP contribution in [0.15, 0.2) is 10.9 Å². The van der Waals surface area contributed by atoms with Crippen molar-refractivity contribution in [2.24, 2.45) is 0 Å². The van der Waals surface area contributed by atoms with Gasteiger partial charge in [-0.05, 0) is 12.8 Å². The lowest BCUT2D eigenvalue weighted by molar-refractivity contribution is -0.141. The third kappa shape index (κ3) is 3.72. The molecular weight excluding hydrogens is 186 g/mol. The van der Waals surface area contributed by atoms with E-state index in [4.69, 9.17) is 4.74 Å². The molecule has 4 heteroatoms. The quantitative estimate of drug-likeness (QED) is 0.529. The average Bonchev–Trinajstić information content (AvgIpc) is 2.57. The Morgan fingerprint density at radius 3 is 3.23 bits per heavy atom. The molecule has 1 aromatic heterocycles. The second-order valence-corrected chi connectivity index (χ2v) is 2.88. The molecular formula is C9H9NO2S. The number of ether oxygens (including phenoxy) is 1. The molecule has 0 saturated carbocycles. The third-order valence-corrected chi connectivity index (χ3v) is 1.77. The van der Waals surface area contributed by atoms with E-state index in [9.17, 15) is 4.79 Å². The zero-order chi connectivity index (χ0) is 9.52. The minimum atomic E-state index is -0.287. The molecule has 0 aliphatic carbocycles. The molecule has 0 saturated heterocycles. The van der Waals surface area contributed by atoms with Gasteiger partial charge in [-0.2, -0.15) is 0 Å². The molecule has 13 heavy (non-hydrogen) atoms. The van der Waals surface area contributed by atoms with Crippen molar-refractivity contribution in [3.05, 3.63) is 16.6 Å². The normalized spacial score (nSPS) is 8.69. The summed E-state index contributed by atoms with van der Waals surface area (Å²) in [5.74, 6) is 5.17. The van der Waals surface area contributed by atoms with E-state index >= 15 is 0 Å². The van der Waals surface area contributed by atoms with Crippen molar-refractivity contribution in [2.75, 3.05) is 6.61 Å². The number of nitrogens with zero attached hydrogens (tertiary/aromatic N) is 1. The first-order valence-electron chi connectivity index (χ1n) is 3.85. The van der Waals surface area contributed by atoms with Crippen LogP contribution >= 0.6 is 11.3 Å². The van der Waals surface area contributed by atoms with Crippen molar-refractivity contribution in [1.29, 1.82) is 0 Å². The van der Waals surface area contributed by atoms with Crippen LogP contribution in [0.5, 0.6) is 0 Å². The van der Waals surface area contributed by atoms with Crippen LogP contribution in [-0.2, 0) is 9.53 Å². The molecule has 0 atom stereocenters. The summed E-state index contributed by atoms with van der Waals surface area (Å²) < 4.78 is 4.70.